The number of fused-ring (bicyclic) bond motifs is 1. The largest absolute Gasteiger partial charge is 0.466 e. The highest BCUT2D eigenvalue weighted by molar-refractivity contribution is 5.83. The minimum absolute atomic E-state index is 0.0813. The Morgan fingerprint density at radius 2 is 1.91 bits per heavy atom. The average molecular weight is 309 g/mol. The van der Waals surface area contributed by atoms with Crippen molar-refractivity contribution in [3.8, 4) is 6.07 Å². The van der Waals surface area contributed by atoms with Gasteiger partial charge in [0.1, 0.15) is 0 Å². The van der Waals surface area contributed by atoms with Crippen LogP contribution in [0.5, 0.6) is 0 Å². The highest BCUT2D eigenvalue weighted by atomic mass is 16.5. The summed E-state index contributed by atoms with van der Waals surface area (Å²) >= 11 is 0. The zero-order chi connectivity index (χ0) is 16.5. The Hall–Kier alpha value is -2.34. The van der Waals surface area contributed by atoms with E-state index in [1.807, 2.05) is 19.1 Å². The van der Waals surface area contributed by atoms with Gasteiger partial charge < -0.3 is 4.74 Å². The summed E-state index contributed by atoms with van der Waals surface area (Å²) < 4.78 is 4.91. The van der Waals surface area contributed by atoms with Crippen molar-refractivity contribution in [1.82, 2.24) is 0 Å². The highest BCUT2D eigenvalue weighted by Gasteiger charge is 2.11. The molecule has 2 aromatic rings. The van der Waals surface area contributed by atoms with Crippen LogP contribution in [0.15, 0.2) is 42.5 Å². The van der Waals surface area contributed by atoms with E-state index in [0.29, 0.717) is 13.0 Å². The van der Waals surface area contributed by atoms with Gasteiger partial charge in [0.2, 0.25) is 0 Å². The molecule has 1 unspecified atom stereocenters. The minimum atomic E-state index is -0.126. The fourth-order valence-corrected chi connectivity index (χ4v) is 2.76. The standard InChI is InChI=1S/C20H23NO2/c1-2-23-20(22)11-5-3-4-10-19(15-21)18-13-12-16-8-6-7-9-17(16)14-18/h6-9,12-14,19H,2-5,10-11H2,1H3. The van der Waals surface area contributed by atoms with Gasteiger partial charge in [0, 0.05) is 6.42 Å². The SMILES string of the molecule is CCOC(=O)CCCCCC(C#N)c1ccc2ccccc2c1. The van der Waals surface area contributed by atoms with Gasteiger partial charge in [0.05, 0.1) is 18.6 Å². The maximum absolute atomic E-state index is 11.3. The van der Waals surface area contributed by atoms with E-state index in [-0.39, 0.29) is 11.9 Å². The van der Waals surface area contributed by atoms with Gasteiger partial charge in [0.15, 0.2) is 0 Å². The number of esters is 1. The minimum Gasteiger partial charge on any atom is -0.466 e. The third-order valence-electron chi connectivity index (χ3n) is 4.01. The van der Waals surface area contributed by atoms with Gasteiger partial charge in [-0.15, -0.1) is 0 Å². The van der Waals surface area contributed by atoms with Crippen LogP contribution >= 0.6 is 0 Å². The van der Waals surface area contributed by atoms with Crippen molar-refractivity contribution < 1.29 is 9.53 Å². The van der Waals surface area contributed by atoms with Crippen LogP contribution in [-0.2, 0) is 9.53 Å². The molecule has 2 aromatic carbocycles. The second kappa shape index (κ2) is 8.95. The summed E-state index contributed by atoms with van der Waals surface area (Å²) in [6, 6.07) is 16.8. The van der Waals surface area contributed by atoms with Crippen LogP contribution in [0.2, 0.25) is 0 Å². The van der Waals surface area contributed by atoms with Crippen molar-refractivity contribution in [2.24, 2.45) is 0 Å². The van der Waals surface area contributed by atoms with Crippen LogP contribution in [-0.4, -0.2) is 12.6 Å². The van der Waals surface area contributed by atoms with Gasteiger partial charge in [-0.3, -0.25) is 4.79 Å². The molecule has 0 amide bonds. The molecule has 0 saturated carbocycles. The van der Waals surface area contributed by atoms with Crippen LogP contribution in [0.4, 0.5) is 0 Å². The Bertz CT molecular complexity index is 687. The Kier molecular flexibility index (Phi) is 6.62. The average Bonchev–Trinajstić information content (AvgIpc) is 2.58. The molecule has 23 heavy (non-hydrogen) atoms. The highest BCUT2D eigenvalue weighted by Crippen LogP contribution is 2.25. The fraction of sp³-hybridized carbons (Fsp3) is 0.400. The molecule has 0 radical (unpaired) electrons. The Morgan fingerprint density at radius 3 is 2.65 bits per heavy atom. The molecule has 0 saturated heterocycles. The molecule has 0 fully saturated rings. The number of hydrogen-bond donors (Lipinski definition) is 0. The molecular formula is C20H23NO2. The van der Waals surface area contributed by atoms with Crippen molar-refractivity contribution in [2.75, 3.05) is 6.61 Å². The monoisotopic (exact) mass is 309 g/mol. The lowest BCUT2D eigenvalue weighted by Gasteiger charge is -2.10. The quantitative estimate of drug-likeness (QED) is 0.511. The van der Waals surface area contributed by atoms with Gasteiger partial charge in [-0.1, -0.05) is 49.2 Å². The number of unbranched alkanes of at least 4 members (excludes halogenated alkanes) is 2. The number of carbonyl (C=O) groups excluding carboxylic acids is 1. The predicted octanol–water partition coefficient (Wildman–Crippen LogP) is 4.96. The lowest BCUT2D eigenvalue weighted by atomic mass is 9.92. The summed E-state index contributed by atoms with van der Waals surface area (Å²) in [4.78, 5) is 11.3. The number of hydrogen-bond acceptors (Lipinski definition) is 3. The van der Waals surface area contributed by atoms with E-state index < -0.39 is 0 Å². The van der Waals surface area contributed by atoms with E-state index in [0.717, 1.165) is 31.2 Å². The molecule has 0 aliphatic rings. The van der Waals surface area contributed by atoms with Crippen molar-refractivity contribution >= 4 is 16.7 Å². The zero-order valence-electron chi connectivity index (χ0n) is 13.6. The zero-order valence-corrected chi connectivity index (χ0v) is 13.6. The maximum Gasteiger partial charge on any atom is 0.305 e. The van der Waals surface area contributed by atoms with Crippen LogP contribution in [0.3, 0.4) is 0 Å². The molecule has 120 valence electrons. The molecule has 2 rings (SSSR count). The number of nitriles is 1. The normalized spacial score (nSPS) is 11.8. The van der Waals surface area contributed by atoms with Gasteiger partial charge in [-0.05, 0) is 42.2 Å². The summed E-state index contributed by atoms with van der Waals surface area (Å²) in [7, 11) is 0. The van der Waals surface area contributed by atoms with Gasteiger partial charge in [0.25, 0.3) is 0 Å². The molecule has 0 bridgehead atoms. The number of carbonyl (C=O) groups is 1. The number of nitrogens with zero attached hydrogens (tertiary/aromatic N) is 1. The van der Waals surface area contributed by atoms with Gasteiger partial charge in [-0.2, -0.15) is 5.26 Å². The topological polar surface area (TPSA) is 50.1 Å². The van der Waals surface area contributed by atoms with Crippen molar-refractivity contribution in [1.29, 1.82) is 5.26 Å². The summed E-state index contributed by atoms with van der Waals surface area (Å²) in [6.07, 6.45) is 4.03. The Morgan fingerprint density at radius 1 is 1.13 bits per heavy atom. The molecule has 0 N–H and O–H groups in total. The first-order chi connectivity index (χ1) is 11.2. The Labute approximate surface area is 137 Å². The van der Waals surface area contributed by atoms with Gasteiger partial charge in [-0.25, -0.2) is 0 Å². The van der Waals surface area contributed by atoms with Crippen LogP contribution in [0, 0.1) is 11.3 Å². The lowest BCUT2D eigenvalue weighted by molar-refractivity contribution is -0.143. The van der Waals surface area contributed by atoms with E-state index in [4.69, 9.17) is 4.74 Å². The number of benzene rings is 2. The van der Waals surface area contributed by atoms with Gasteiger partial charge >= 0.3 is 5.97 Å². The second-order valence-electron chi connectivity index (χ2n) is 5.69. The first-order valence-electron chi connectivity index (χ1n) is 8.28. The van der Waals surface area contributed by atoms with E-state index in [2.05, 4.69) is 36.4 Å². The van der Waals surface area contributed by atoms with E-state index in [1.165, 1.54) is 10.8 Å². The molecule has 1 atom stereocenters. The summed E-state index contributed by atoms with van der Waals surface area (Å²) in [5, 5.41) is 11.8. The van der Waals surface area contributed by atoms with E-state index in [1.54, 1.807) is 0 Å². The fourth-order valence-electron chi connectivity index (χ4n) is 2.76. The predicted molar refractivity (Wildman–Crippen MR) is 92.0 cm³/mol. The third kappa shape index (κ3) is 5.10. The Balaban J connectivity index is 1.85. The molecule has 0 aliphatic carbocycles. The first kappa shape index (κ1) is 17.0. The van der Waals surface area contributed by atoms with Crippen LogP contribution in [0.25, 0.3) is 10.8 Å². The molecule has 0 aromatic heterocycles. The summed E-state index contributed by atoms with van der Waals surface area (Å²) in [5.74, 6) is -0.207. The van der Waals surface area contributed by atoms with Crippen LogP contribution in [0.1, 0.15) is 50.5 Å². The molecule has 0 aliphatic heterocycles. The second-order valence-corrected chi connectivity index (χ2v) is 5.69. The van der Waals surface area contributed by atoms with Crippen molar-refractivity contribution in [3.63, 3.8) is 0 Å². The smallest absolute Gasteiger partial charge is 0.305 e. The van der Waals surface area contributed by atoms with Crippen LogP contribution < -0.4 is 0 Å². The van der Waals surface area contributed by atoms with Crippen molar-refractivity contribution in [2.45, 2.75) is 44.9 Å². The molecular weight excluding hydrogens is 286 g/mol. The van der Waals surface area contributed by atoms with Crippen molar-refractivity contribution in [3.05, 3.63) is 48.0 Å². The van der Waals surface area contributed by atoms with E-state index >= 15 is 0 Å². The molecule has 0 heterocycles. The number of ether oxygens (including phenoxy) is 1. The number of rotatable bonds is 8. The summed E-state index contributed by atoms with van der Waals surface area (Å²) in [5.41, 5.74) is 1.08. The lowest BCUT2D eigenvalue weighted by Crippen LogP contribution is -2.03. The third-order valence-corrected chi connectivity index (χ3v) is 4.01. The molecule has 3 nitrogen and oxygen atoms in total. The molecule has 3 heteroatoms. The maximum atomic E-state index is 11.3. The molecule has 0 spiro atoms. The summed E-state index contributed by atoms with van der Waals surface area (Å²) in [6.45, 7) is 2.26. The van der Waals surface area contributed by atoms with E-state index in [9.17, 15) is 10.1 Å². The first-order valence-corrected chi connectivity index (χ1v) is 8.28.